The summed E-state index contributed by atoms with van der Waals surface area (Å²) in [7, 11) is 0. The van der Waals surface area contributed by atoms with E-state index < -0.39 is 12.1 Å². The van der Waals surface area contributed by atoms with Gasteiger partial charge >= 0.3 is 12.1 Å². The molecule has 18 heavy (non-hydrogen) atoms. The number of aromatic carboxylic acids is 1. The van der Waals surface area contributed by atoms with Gasteiger partial charge in [-0.05, 0) is 36.6 Å². The summed E-state index contributed by atoms with van der Waals surface area (Å²) in [6, 6.07) is 4.49. The van der Waals surface area contributed by atoms with Crippen molar-refractivity contribution in [3.8, 4) is 0 Å². The minimum Gasteiger partial charge on any atom is -0.478 e. The van der Waals surface area contributed by atoms with Gasteiger partial charge in [-0.1, -0.05) is 13.8 Å². The Balaban J connectivity index is 2.68. The molecule has 0 saturated carbocycles. The highest BCUT2D eigenvalue weighted by Gasteiger charge is 2.09. The molecule has 1 amide bonds. The molecule has 5 nitrogen and oxygen atoms in total. The molecular weight excluding hydrogens is 234 g/mol. The summed E-state index contributed by atoms with van der Waals surface area (Å²) in [4.78, 5) is 22.2. The van der Waals surface area contributed by atoms with Crippen LogP contribution in [0.2, 0.25) is 0 Å². The van der Waals surface area contributed by atoms with E-state index in [0.717, 1.165) is 0 Å². The Morgan fingerprint density at radius 1 is 1.39 bits per heavy atom. The number of benzene rings is 1. The molecular formula is C13H17NO4. The molecule has 0 fully saturated rings. The Bertz CT molecular complexity index is 454. The van der Waals surface area contributed by atoms with Gasteiger partial charge in [0.05, 0.1) is 12.2 Å². The molecule has 0 radical (unpaired) electrons. The van der Waals surface area contributed by atoms with E-state index in [1.807, 2.05) is 13.8 Å². The second-order valence-corrected chi connectivity index (χ2v) is 4.45. The van der Waals surface area contributed by atoms with E-state index in [1.165, 1.54) is 12.1 Å². The fourth-order valence-corrected chi connectivity index (χ4v) is 1.33. The summed E-state index contributed by atoms with van der Waals surface area (Å²) in [5.74, 6) is -0.724. The van der Waals surface area contributed by atoms with Crippen molar-refractivity contribution in [1.82, 2.24) is 0 Å². The molecule has 0 spiro atoms. The van der Waals surface area contributed by atoms with Crippen molar-refractivity contribution in [2.24, 2.45) is 5.92 Å². The van der Waals surface area contributed by atoms with Gasteiger partial charge in [-0.25, -0.2) is 9.59 Å². The van der Waals surface area contributed by atoms with E-state index in [9.17, 15) is 9.59 Å². The second kappa shape index (κ2) is 6.05. The van der Waals surface area contributed by atoms with Crippen LogP contribution in [-0.2, 0) is 4.74 Å². The molecule has 0 aliphatic heterocycles. The number of aryl methyl sites for hydroxylation is 1. The molecule has 0 aliphatic carbocycles. The lowest BCUT2D eigenvalue weighted by Gasteiger charge is -2.11. The summed E-state index contributed by atoms with van der Waals surface area (Å²) in [6.45, 7) is 5.96. The molecule has 0 heterocycles. The molecule has 0 atom stereocenters. The van der Waals surface area contributed by atoms with E-state index in [4.69, 9.17) is 9.84 Å². The summed E-state index contributed by atoms with van der Waals surface area (Å²) in [6.07, 6.45) is -0.533. The third kappa shape index (κ3) is 4.08. The highest BCUT2D eigenvalue weighted by Crippen LogP contribution is 2.16. The van der Waals surface area contributed by atoms with Crippen LogP contribution in [0.25, 0.3) is 0 Å². The maximum Gasteiger partial charge on any atom is 0.411 e. The van der Waals surface area contributed by atoms with Crippen LogP contribution in [0.4, 0.5) is 10.5 Å². The predicted molar refractivity (Wildman–Crippen MR) is 67.9 cm³/mol. The Labute approximate surface area is 106 Å². The second-order valence-electron chi connectivity index (χ2n) is 4.45. The van der Waals surface area contributed by atoms with Crippen LogP contribution >= 0.6 is 0 Å². The lowest BCUT2D eigenvalue weighted by molar-refractivity contribution is 0.0697. The smallest absolute Gasteiger partial charge is 0.411 e. The van der Waals surface area contributed by atoms with Gasteiger partial charge in [0, 0.05) is 5.69 Å². The number of ether oxygens (including phenoxy) is 1. The summed E-state index contributed by atoms with van der Waals surface area (Å²) in [5, 5.41) is 11.4. The summed E-state index contributed by atoms with van der Waals surface area (Å²) < 4.78 is 4.97. The third-order valence-corrected chi connectivity index (χ3v) is 2.26. The molecule has 0 aliphatic rings. The first-order valence-electron chi connectivity index (χ1n) is 5.68. The van der Waals surface area contributed by atoms with E-state index in [2.05, 4.69) is 5.32 Å². The highest BCUT2D eigenvalue weighted by atomic mass is 16.5. The number of carboxylic acid groups (broad SMARTS) is 1. The number of carbonyl (C=O) groups is 2. The van der Waals surface area contributed by atoms with Crippen LogP contribution in [0.15, 0.2) is 18.2 Å². The summed E-state index contributed by atoms with van der Waals surface area (Å²) >= 11 is 0. The van der Waals surface area contributed by atoms with Crippen molar-refractivity contribution in [2.45, 2.75) is 20.8 Å². The van der Waals surface area contributed by atoms with Gasteiger partial charge in [0.25, 0.3) is 0 Å². The van der Waals surface area contributed by atoms with Crippen molar-refractivity contribution < 1.29 is 19.4 Å². The number of nitrogens with one attached hydrogen (secondary N) is 1. The Hall–Kier alpha value is -2.04. The Morgan fingerprint density at radius 2 is 2.06 bits per heavy atom. The molecule has 1 rings (SSSR count). The number of amides is 1. The van der Waals surface area contributed by atoms with Crippen molar-refractivity contribution in [3.63, 3.8) is 0 Å². The van der Waals surface area contributed by atoms with Crippen LogP contribution in [0.3, 0.4) is 0 Å². The monoisotopic (exact) mass is 251 g/mol. The molecule has 98 valence electrons. The maximum atomic E-state index is 11.4. The lowest BCUT2D eigenvalue weighted by atomic mass is 10.1. The van der Waals surface area contributed by atoms with Gasteiger partial charge in [-0.15, -0.1) is 0 Å². The van der Waals surface area contributed by atoms with E-state index >= 15 is 0 Å². The Kier molecular flexibility index (Phi) is 4.71. The predicted octanol–water partition coefficient (Wildman–Crippen LogP) is 2.90. The minimum absolute atomic E-state index is 0.189. The molecule has 2 N–H and O–H groups in total. The largest absolute Gasteiger partial charge is 0.478 e. The van der Waals surface area contributed by atoms with Crippen molar-refractivity contribution in [1.29, 1.82) is 0 Å². The molecule has 0 aromatic heterocycles. The topological polar surface area (TPSA) is 75.6 Å². The number of hydrogen-bond donors (Lipinski definition) is 2. The molecule has 1 aromatic carbocycles. The van der Waals surface area contributed by atoms with Crippen LogP contribution in [0.1, 0.15) is 29.8 Å². The number of hydrogen-bond acceptors (Lipinski definition) is 3. The zero-order valence-corrected chi connectivity index (χ0v) is 10.7. The standard InChI is InChI=1S/C13H17NO4/c1-8(2)7-18-13(17)14-11-5-4-10(12(15)16)6-9(11)3/h4-6,8H,7H2,1-3H3,(H,14,17)(H,15,16). The molecule has 0 bridgehead atoms. The average Bonchev–Trinajstić information content (AvgIpc) is 2.29. The highest BCUT2D eigenvalue weighted by molar-refractivity contribution is 5.90. The fourth-order valence-electron chi connectivity index (χ4n) is 1.33. The number of rotatable bonds is 4. The molecule has 5 heteroatoms. The minimum atomic E-state index is -0.993. The maximum absolute atomic E-state index is 11.4. The Morgan fingerprint density at radius 3 is 2.56 bits per heavy atom. The zero-order chi connectivity index (χ0) is 13.7. The van der Waals surface area contributed by atoms with E-state index in [1.54, 1.807) is 13.0 Å². The van der Waals surface area contributed by atoms with Crippen molar-refractivity contribution >= 4 is 17.7 Å². The van der Waals surface area contributed by atoms with Gasteiger partial charge in [0.1, 0.15) is 0 Å². The van der Waals surface area contributed by atoms with Crippen molar-refractivity contribution in [3.05, 3.63) is 29.3 Å². The lowest BCUT2D eigenvalue weighted by Crippen LogP contribution is -2.17. The van der Waals surface area contributed by atoms with Crippen LogP contribution in [0, 0.1) is 12.8 Å². The zero-order valence-electron chi connectivity index (χ0n) is 10.7. The van der Waals surface area contributed by atoms with Crippen LogP contribution < -0.4 is 5.32 Å². The molecule has 0 unspecified atom stereocenters. The first kappa shape index (κ1) is 14.0. The molecule has 1 aromatic rings. The number of anilines is 1. The quantitative estimate of drug-likeness (QED) is 0.862. The summed E-state index contributed by atoms with van der Waals surface area (Å²) in [5.41, 5.74) is 1.42. The van der Waals surface area contributed by atoms with E-state index in [-0.39, 0.29) is 11.5 Å². The molecule has 0 saturated heterocycles. The van der Waals surface area contributed by atoms with Gasteiger partial charge in [0.2, 0.25) is 0 Å². The third-order valence-electron chi connectivity index (χ3n) is 2.26. The first-order chi connectivity index (χ1) is 8.40. The SMILES string of the molecule is Cc1cc(C(=O)O)ccc1NC(=O)OCC(C)C. The van der Waals surface area contributed by atoms with Gasteiger partial charge in [-0.3, -0.25) is 5.32 Å². The number of carboxylic acids is 1. The van der Waals surface area contributed by atoms with Gasteiger partial charge in [-0.2, -0.15) is 0 Å². The van der Waals surface area contributed by atoms with Gasteiger partial charge < -0.3 is 9.84 Å². The van der Waals surface area contributed by atoms with Crippen LogP contribution in [-0.4, -0.2) is 23.8 Å². The van der Waals surface area contributed by atoms with Crippen molar-refractivity contribution in [2.75, 3.05) is 11.9 Å². The fraction of sp³-hybridized carbons (Fsp3) is 0.385. The first-order valence-corrected chi connectivity index (χ1v) is 5.68. The van der Waals surface area contributed by atoms with E-state index in [0.29, 0.717) is 17.9 Å². The van der Waals surface area contributed by atoms with Crippen LogP contribution in [0.5, 0.6) is 0 Å². The van der Waals surface area contributed by atoms with Gasteiger partial charge in [0.15, 0.2) is 0 Å². The normalized spacial score (nSPS) is 10.2. The number of carbonyl (C=O) groups excluding carboxylic acids is 1. The average molecular weight is 251 g/mol.